The van der Waals surface area contributed by atoms with E-state index in [1.54, 1.807) is 0 Å². The average molecular weight is 424 g/mol. The van der Waals surface area contributed by atoms with Gasteiger partial charge in [0.25, 0.3) is 0 Å². The number of carbonyl (C=O) groups is 2. The largest absolute Gasteiger partial charge is 0.445 e. The van der Waals surface area contributed by atoms with Gasteiger partial charge in [0.2, 0.25) is 0 Å². The molecule has 0 N–H and O–H groups in total. The molecule has 2 heterocycles. The summed E-state index contributed by atoms with van der Waals surface area (Å²) >= 11 is 0. The summed E-state index contributed by atoms with van der Waals surface area (Å²) in [5, 5.41) is 0. The number of hydrogen-bond donors (Lipinski definition) is 0. The Morgan fingerprint density at radius 2 is 1.48 bits per heavy atom. The summed E-state index contributed by atoms with van der Waals surface area (Å²) in [6, 6.07) is 9.71. The summed E-state index contributed by atoms with van der Waals surface area (Å²) < 4.78 is 11.4. The van der Waals surface area contributed by atoms with E-state index in [0.29, 0.717) is 30.8 Å². The first kappa shape index (κ1) is 19.8. The lowest BCUT2D eigenvalue weighted by molar-refractivity contribution is -0.147. The third-order valence-electron chi connectivity index (χ3n) is 8.89. The van der Waals surface area contributed by atoms with Crippen LogP contribution in [0.3, 0.4) is 0 Å². The molecule has 5 nitrogen and oxygen atoms in total. The van der Waals surface area contributed by atoms with Crippen LogP contribution in [-0.2, 0) is 20.9 Å². The number of ether oxygens (including phenoxy) is 2. The van der Waals surface area contributed by atoms with E-state index in [0.717, 1.165) is 30.2 Å². The minimum absolute atomic E-state index is 0.0402. The minimum atomic E-state index is -0.261. The van der Waals surface area contributed by atoms with Gasteiger partial charge in [-0.2, -0.15) is 0 Å². The van der Waals surface area contributed by atoms with Crippen LogP contribution in [0.1, 0.15) is 50.5 Å². The van der Waals surface area contributed by atoms with Gasteiger partial charge in [-0.25, -0.2) is 4.79 Å². The van der Waals surface area contributed by atoms with Gasteiger partial charge in [0.05, 0.1) is 25.3 Å². The summed E-state index contributed by atoms with van der Waals surface area (Å²) in [5.41, 5.74) is 0.990. The van der Waals surface area contributed by atoms with Crippen LogP contribution in [0.5, 0.6) is 0 Å². The molecular formula is C26H33NO4. The Morgan fingerprint density at radius 1 is 0.871 bits per heavy atom. The maximum Gasteiger partial charge on any atom is 0.410 e. The molecular weight excluding hydrogens is 390 g/mol. The standard InChI is InChI=1S/C26H33NO4/c28-25(24-19-7-17-6-18(9-19)10-20(24)8-17)21-11-22-14-30-15-23(12-21)27(22)26(29)31-13-16-4-2-1-3-5-16/h1-5,17-24H,6-15H2. The third kappa shape index (κ3) is 3.59. The molecule has 0 aromatic heterocycles. The number of morpholine rings is 1. The molecule has 2 atom stereocenters. The van der Waals surface area contributed by atoms with E-state index in [9.17, 15) is 9.59 Å². The van der Waals surface area contributed by atoms with E-state index in [1.165, 1.54) is 32.1 Å². The van der Waals surface area contributed by atoms with Crippen molar-refractivity contribution in [2.45, 2.75) is 63.6 Å². The van der Waals surface area contributed by atoms with Gasteiger partial charge in [-0.05, 0) is 74.2 Å². The summed E-state index contributed by atoms with van der Waals surface area (Å²) in [5.74, 6) is 3.93. The summed E-state index contributed by atoms with van der Waals surface area (Å²) in [4.78, 5) is 28.5. The van der Waals surface area contributed by atoms with Gasteiger partial charge < -0.3 is 9.47 Å². The summed E-state index contributed by atoms with van der Waals surface area (Å²) in [6.07, 6.45) is 7.75. The Kier molecular flexibility index (Phi) is 5.05. The molecule has 6 bridgehead atoms. The molecule has 7 rings (SSSR count). The van der Waals surface area contributed by atoms with Crippen molar-refractivity contribution in [3.63, 3.8) is 0 Å². The van der Waals surface area contributed by atoms with E-state index in [-0.39, 0.29) is 36.6 Å². The topological polar surface area (TPSA) is 55.8 Å². The van der Waals surface area contributed by atoms with Crippen LogP contribution >= 0.6 is 0 Å². The van der Waals surface area contributed by atoms with Crippen LogP contribution in [0.2, 0.25) is 0 Å². The maximum atomic E-state index is 13.7. The van der Waals surface area contributed by atoms with Gasteiger partial charge >= 0.3 is 6.09 Å². The first-order valence-corrected chi connectivity index (χ1v) is 12.3. The Balaban J connectivity index is 1.12. The monoisotopic (exact) mass is 423 g/mol. The lowest BCUT2D eigenvalue weighted by Gasteiger charge is -2.55. The molecule has 2 saturated heterocycles. The normalized spacial score (nSPS) is 40.6. The summed E-state index contributed by atoms with van der Waals surface area (Å²) in [7, 11) is 0. The lowest BCUT2D eigenvalue weighted by atomic mass is 9.50. The maximum absolute atomic E-state index is 13.7. The van der Waals surface area contributed by atoms with Gasteiger partial charge in [0, 0.05) is 11.8 Å². The van der Waals surface area contributed by atoms with E-state index in [4.69, 9.17) is 9.47 Å². The fourth-order valence-electron chi connectivity index (χ4n) is 7.90. The average Bonchev–Trinajstić information content (AvgIpc) is 2.76. The van der Waals surface area contributed by atoms with E-state index < -0.39 is 0 Å². The quantitative estimate of drug-likeness (QED) is 0.718. The highest BCUT2D eigenvalue weighted by molar-refractivity contribution is 5.85. The highest BCUT2D eigenvalue weighted by atomic mass is 16.6. The molecule has 4 aliphatic carbocycles. The number of fused-ring (bicyclic) bond motifs is 2. The Bertz CT molecular complexity index is 797. The van der Waals surface area contributed by atoms with Gasteiger partial charge in [-0.1, -0.05) is 30.3 Å². The van der Waals surface area contributed by atoms with Crippen molar-refractivity contribution in [1.82, 2.24) is 4.90 Å². The molecule has 6 fully saturated rings. The zero-order valence-corrected chi connectivity index (χ0v) is 18.2. The van der Waals surface area contributed by atoms with Gasteiger partial charge in [-0.15, -0.1) is 0 Å². The van der Waals surface area contributed by atoms with Gasteiger partial charge in [-0.3, -0.25) is 9.69 Å². The minimum Gasteiger partial charge on any atom is -0.445 e. The van der Waals surface area contributed by atoms with E-state index in [1.807, 2.05) is 35.2 Å². The summed E-state index contributed by atoms with van der Waals surface area (Å²) in [6.45, 7) is 1.32. The predicted molar refractivity (Wildman–Crippen MR) is 115 cm³/mol. The van der Waals surface area contributed by atoms with Crippen molar-refractivity contribution in [2.24, 2.45) is 35.5 Å². The van der Waals surface area contributed by atoms with E-state index >= 15 is 0 Å². The molecule has 2 unspecified atom stereocenters. The number of carbonyl (C=O) groups excluding carboxylic acids is 2. The number of hydrogen-bond acceptors (Lipinski definition) is 4. The number of amides is 1. The van der Waals surface area contributed by atoms with Crippen molar-refractivity contribution in [2.75, 3.05) is 13.2 Å². The van der Waals surface area contributed by atoms with Crippen molar-refractivity contribution >= 4 is 11.9 Å². The fraction of sp³-hybridized carbons (Fsp3) is 0.692. The number of benzene rings is 1. The number of rotatable bonds is 4. The molecule has 1 amide bonds. The number of Topliss-reactive ketones (excluding diaryl/α,β-unsaturated/α-hetero) is 1. The Morgan fingerprint density at radius 3 is 2.10 bits per heavy atom. The molecule has 166 valence electrons. The molecule has 2 aliphatic heterocycles. The van der Waals surface area contributed by atoms with Crippen molar-refractivity contribution in [1.29, 1.82) is 0 Å². The molecule has 6 aliphatic rings. The van der Waals surface area contributed by atoms with Crippen molar-refractivity contribution < 1.29 is 19.1 Å². The zero-order chi connectivity index (χ0) is 20.9. The Hall–Kier alpha value is -1.88. The van der Waals surface area contributed by atoms with Crippen LogP contribution in [0.4, 0.5) is 4.79 Å². The number of nitrogens with zero attached hydrogens (tertiary/aromatic N) is 1. The predicted octanol–water partition coefficient (Wildman–Crippen LogP) is 4.44. The molecule has 1 aromatic carbocycles. The van der Waals surface area contributed by atoms with Crippen molar-refractivity contribution in [3.05, 3.63) is 35.9 Å². The number of ketones is 1. The lowest BCUT2D eigenvalue weighted by Crippen LogP contribution is -2.61. The van der Waals surface area contributed by atoms with Crippen LogP contribution in [0, 0.1) is 35.5 Å². The van der Waals surface area contributed by atoms with Crippen molar-refractivity contribution in [3.8, 4) is 0 Å². The van der Waals surface area contributed by atoms with Gasteiger partial charge in [0.1, 0.15) is 12.4 Å². The van der Waals surface area contributed by atoms with E-state index in [2.05, 4.69) is 0 Å². The first-order chi connectivity index (χ1) is 15.2. The molecule has 5 heteroatoms. The number of piperidine rings is 1. The fourth-order valence-corrected chi connectivity index (χ4v) is 7.90. The van der Waals surface area contributed by atoms with Crippen LogP contribution in [0.15, 0.2) is 30.3 Å². The SMILES string of the molecule is O=C(C1CC2COCC(C1)N2C(=O)OCc1ccccc1)C1C2CC3CC(C2)CC1C3. The molecule has 1 aromatic rings. The molecule has 0 radical (unpaired) electrons. The highest BCUT2D eigenvalue weighted by Gasteiger charge is 2.53. The molecule has 31 heavy (non-hydrogen) atoms. The molecule has 0 spiro atoms. The highest BCUT2D eigenvalue weighted by Crippen LogP contribution is 2.57. The second-order valence-corrected chi connectivity index (χ2v) is 10.8. The third-order valence-corrected chi connectivity index (χ3v) is 8.89. The smallest absolute Gasteiger partial charge is 0.410 e. The second-order valence-electron chi connectivity index (χ2n) is 10.8. The van der Waals surface area contributed by atoms with Crippen LogP contribution < -0.4 is 0 Å². The van der Waals surface area contributed by atoms with Gasteiger partial charge in [0.15, 0.2) is 0 Å². The first-order valence-electron chi connectivity index (χ1n) is 12.3. The second kappa shape index (κ2) is 7.91. The zero-order valence-electron chi connectivity index (χ0n) is 18.2. The Labute approximate surface area is 184 Å². The van der Waals surface area contributed by atoms with Crippen LogP contribution in [-0.4, -0.2) is 42.1 Å². The van der Waals surface area contributed by atoms with Crippen LogP contribution in [0.25, 0.3) is 0 Å². The molecule has 4 saturated carbocycles.